The molecule has 0 unspecified atom stereocenters. The molecule has 0 aliphatic rings. The van der Waals surface area contributed by atoms with Crippen LogP contribution in [0.3, 0.4) is 0 Å². The van der Waals surface area contributed by atoms with Crippen LogP contribution in [0.4, 0.5) is 5.69 Å². The van der Waals surface area contributed by atoms with E-state index in [1.807, 2.05) is 0 Å². The van der Waals surface area contributed by atoms with Gasteiger partial charge >= 0.3 is 0 Å². The van der Waals surface area contributed by atoms with E-state index in [-0.39, 0.29) is 0 Å². The fourth-order valence-corrected chi connectivity index (χ4v) is 2.40. The monoisotopic (exact) mass is 262 g/mol. The summed E-state index contributed by atoms with van der Waals surface area (Å²) in [7, 11) is 2.20. The van der Waals surface area contributed by atoms with Crippen LogP contribution in [0.1, 0.15) is 44.2 Å². The molecule has 2 nitrogen and oxygen atoms in total. The van der Waals surface area contributed by atoms with Crippen LogP contribution in [0.2, 0.25) is 0 Å². The summed E-state index contributed by atoms with van der Waals surface area (Å²) in [5.41, 5.74) is 4.09. The number of aryl methyl sites for hydroxylation is 2. The molecule has 0 aromatic heterocycles. The van der Waals surface area contributed by atoms with E-state index in [4.69, 9.17) is 0 Å². The summed E-state index contributed by atoms with van der Waals surface area (Å²) in [4.78, 5) is 2.38. The molecule has 0 saturated heterocycles. The third kappa shape index (κ3) is 6.11. The zero-order valence-electron chi connectivity index (χ0n) is 13.3. The van der Waals surface area contributed by atoms with Gasteiger partial charge < -0.3 is 10.2 Å². The maximum absolute atomic E-state index is 3.47. The number of unbranched alkanes of at least 4 members (excludes halogenated alkanes) is 2. The molecule has 0 amide bonds. The highest BCUT2D eigenvalue weighted by Crippen LogP contribution is 2.20. The first-order valence-electron chi connectivity index (χ1n) is 7.52. The molecule has 19 heavy (non-hydrogen) atoms. The molecular weight excluding hydrogens is 232 g/mol. The molecule has 0 bridgehead atoms. The van der Waals surface area contributed by atoms with Gasteiger partial charge in [0, 0.05) is 25.3 Å². The van der Waals surface area contributed by atoms with Crippen molar-refractivity contribution in [3.05, 3.63) is 29.3 Å². The van der Waals surface area contributed by atoms with Gasteiger partial charge in [0.05, 0.1) is 0 Å². The summed E-state index contributed by atoms with van der Waals surface area (Å²) in [5.74, 6) is 0. The Labute approximate surface area is 119 Å². The van der Waals surface area contributed by atoms with Crippen LogP contribution in [0.5, 0.6) is 0 Å². The van der Waals surface area contributed by atoms with Gasteiger partial charge in [0.15, 0.2) is 0 Å². The summed E-state index contributed by atoms with van der Waals surface area (Å²) in [5, 5.41) is 3.47. The molecule has 1 N–H and O–H groups in total. The van der Waals surface area contributed by atoms with Crippen LogP contribution in [0.25, 0.3) is 0 Å². The average Bonchev–Trinajstić information content (AvgIpc) is 2.32. The average molecular weight is 262 g/mol. The van der Waals surface area contributed by atoms with Crippen LogP contribution in [0.15, 0.2) is 18.2 Å². The predicted molar refractivity (Wildman–Crippen MR) is 86.2 cm³/mol. The molecule has 0 fully saturated rings. The molecule has 0 aliphatic carbocycles. The third-order valence-electron chi connectivity index (χ3n) is 3.49. The van der Waals surface area contributed by atoms with Gasteiger partial charge in [0.1, 0.15) is 0 Å². The number of anilines is 1. The molecule has 0 spiro atoms. The van der Waals surface area contributed by atoms with Crippen LogP contribution in [-0.4, -0.2) is 26.2 Å². The molecule has 0 atom stereocenters. The van der Waals surface area contributed by atoms with Crippen molar-refractivity contribution < 1.29 is 0 Å². The van der Waals surface area contributed by atoms with Gasteiger partial charge in [-0.1, -0.05) is 38.0 Å². The minimum Gasteiger partial charge on any atom is -0.374 e. The lowest BCUT2D eigenvalue weighted by Crippen LogP contribution is -2.24. The Kier molecular flexibility index (Phi) is 6.93. The van der Waals surface area contributed by atoms with E-state index in [1.54, 1.807) is 0 Å². The summed E-state index contributed by atoms with van der Waals surface area (Å²) < 4.78 is 0. The summed E-state index contributed by atoms with van der Waals surface area (Å²) in [6.07, 6.45) is 3.84. The molecule has 0 saturated carbocycles. The Morgan fingerprint density at radius 3 is 2.47 bits per heavy atom. The van der Waals surface area contributed by atoms with E-state index in [1.165, 1.54) is 36.1 Å². The highest BCUT2D eigenvalue weighted by Gasteiger charge is 2.04. The molecule has 0 heterocycles. The lowest BCUT2D eigenvalue weighted by molar-refractivity contribution is 0.548. The van der Waals surface area contributed by atoms with E-state index in [0.717, 1.165) is 13.1 Å². The van der Waals surface area contributed by atoms with Crippen molar-refractivity contribution in [2.75, 3.05) is 25.0 Å². The fourth-order valence-electron chi connectivity index (χ4n) is 2.40. The van der Waals surface area contributed by atoms with Gasteiger partial charge in [-0.05, 0) is 44.9 Å². The van der Waals surface area contributed by atoms with Gasteiger partial charge in [-0.15, -0.1) is 0 Å². The van der Waals surface area contributed by atoms with Gasteiger partial charge in [0.25, 0.3) is 0 Å². The molecule has 108 valence electrons. The normalized spacial score (nSPS) is 11.1. The number of benzene rings is 1. The Balaban J connectivity index is 2.25. The van der Waals surface area contributed by atoms with E-state index in [9.17, 15) is 0 Å². The number of hydrogen-bond donors (Lipinski definition) is 1. The van der Waals surface area contributed by atoms with E-state index in [0.29, 0.717) is 6.04 Å². The van der Waals surface area contributed by atoms with E-state index < -0.39 is 0 Å². The summed E-state index contributed by atoms with van der Waals surface area (Å²) in [6, 6.07) is 7.31. The molecular formula is C17H30N2. The van der Waals surface area contributed by atoms with Crippen LogP contribution >= 0.6 is 0 Å². The van der Waals surface area contributed by atoms with Gasteiger partial charge in [-0.3, -0.25) is 0 Å². The van der Waals surface area contributed by atoms with Crippen molar-refractivity contribution in [1.29, 1.82) is 0 Å². The smallest absolute Gasteiger partial charge is 0.0393 e. The van der Waals surface area contributed by atoms with Crippen molar-refractivity contribution >= 4 is 5.69 Å². The lowest BCUT2D eigenvalue weighted by atomic mass is 10.1. The standard InChI is InChI=1S/C17H30N2/c1-14(2)18-11-7-6-8-12-19(5)17-10-9-15(3)13-16(17)4/h9-10,13-14,18H,6-8,11-12H2,1-5H3. The third-order valence-corrected chi connectivity index (χ3v) is 3.49. The van der Waals surface area contributed by atoms with E-state index in [2.05, 4.69) is 63.2 Å². The van der Waals surface area contributed by atoms with E-state index >= 15 is 0 Å². The zero-order chi connectivity index (χ0) is 14.3. The maximum atomic E-state index is 3.47. The second kappa shape index (κ2) is 8.21. The second-order valence-electron chi connectivity index (χ2n) is 5.88. The van der Waals surface area contributed by atoms with Crippen molar-refractivity contribution in [2.45, 2.75) is 53.0 Å². The Morgan fingerprint density at radius 1 is 1.11 bits per heavy atom. The van der Waals surface area contributed by atoms with Gasteiger partial charge in [-0.2, -0.15) is 0 Å². The minimum atomic E-state index is 0.609. The number of nitrogens with zero attached hydrogens (tertiary/aromatic N) is 1. The van der Waals surface area contributed by atoms with Crippen molar-refractivity contribution in [1.82, 2.24) is 5.32 Å². The topological polar surface area (TPSA) is 15.3 Å². The molecule has 1 aromatic rings. The summed E-state index contributed by atoms with van der Waals surface area (Å²) >= 11 is 0. The highest BCUT2D eigenvalue weighted by atomic mass is 15.1. The first-order valence-corrected chi connectivity index (χ1v) is 7.52. The highest BCUT2D eigenvalue weighted by molar-refractivity contribution is 5.53. The number of rotatable bonds is 8. The maximum Gasteiger partial charge on any atom is 0.0393 e. The predicted octanol–water partition coefficient (Wildman–Crippen LogP) is 3.91. The Hall–Kier alpha value is -1.02. The number of nitrogens with one attached hydrogen (secondary N) is 1. The molecule has 1 rings (SSSR count). The molecule has 1 aromatic carbocycles. The molecule has 0 aliphatic heterocycles. The van der Waals surface area contributed by atoms with Gasteiger partial charge in [0.2, 0.25) is 0 Å². The SMILES string of the molecule is Cc1ccc(N(C)CCCCCNC(C)C)c(C)c1. The second-order valence-corrected chi connectivity index (χ2v) is 5.88. The van der Waals surface area contributed by atoms with Gasteiger partial charge in [-0.25, -0.2) is 0 Å². The zero-order valence-corrected chi connectivity index (χ0v) is 13.3. The number of hydrogen-bond acceptors (Lipinski definition) is 2. The first-order chi connectivity index (χ1) is 9.00. The van der Waals surface area contributed by atoms with Crippen LogP contribution in [-0.2, 0) is 0 Å². The summed E-state index contributed by atoms with van der Waals surface area (Å²) in [6.45, 7) is 11.0. The minimum absolute atomic E-state index is 0.609. The molecule has 0 radical (unpaired) electrons. The quantitative estimate of drug-likeness (QED) is 0.715. The fraction of sp³-hybridized carbons (Fsp3) is 0.647. The molecule has 2 heteroatoms. The van der Waals surface area contributed by atoms with Crippen molar-refractivity contribution in [2.24, 2.45) is 0 Å². The van der Waals surface area contributed by atoms with Crippen LogP contribution < -0.4 is 10.2 Å². The van der Waals surface area contributed by atoms with Crippen molar-refractivity contribution in [3.8, 4) is 0 Å². The Morgan fingerprint density at radius 2 is 1.84 bits per heavy atom. The van der Waals surface area contributed by atoms with Crippen LogP contribution in [0, 0.1) is 13.8 Å². The van der Waals surface area contributed by atoms with Crippen molar-refractivity contribution in [3.63, 3.8) is 0 Å². The largest absolute Gasteiger partial charge is 0.374 e. The first kappa shape index (κ1) is 16.0. The lowest BCUT2D eigenvalue weighted by Gasteiger charge is -2.21. The Bertz CT molecular complexity index is 372.